The molecule has 1 aromatic carbocycles. The molecule has 1 atom stereocenters. The fourth-order valence-electron chi connectivity index (χ4n) is 1.98. The predicted octanol–water partition coefficient (Wildman–Crippen LogP) is 3.18. The van der Waals surface area contributed by atoms with Gasteiger partial charge in [-0.1, -0.05) is 18.2 Å². The average Bonchev–Trinajstić information content (AvgIpc) is 3.17. The molecular formula is C15H16N4S. The van der Waals surface area contributed by atoms with E-state index in [2.05, 4.69) is 28.5 Å². The van der Waals surface area contributed by atoms with Gasteiger partial charge in [0.15, 0.2) is 0 Å². The van der Waals surface area contributed by atoms with E-state index in [0.29, 0.717) is 0 Å². The summed E-state index contributed by atoms with van der Waals surface area (Å²) in [5, 5.41) is 7.90. The number of thiazole rings is 1. The molecule has 1 unspecified atom stereocenters. The topological polar surface area (TPSA) is 42.7 Å². The number of nitrogens with zero attached hydrogens (tertiary/aromatic N) is 3. The van der Waals surface area contributed by atoms with Gasteiger partial charge in [-0.2, -0.15) is 5.10 Å². The van der Waals surface area contributed by atoms with Gasteiger partial charge in [0.2, 0.25) is 0 Å². The summed E-state index contributed by atoms with van der Waals surface area (Å²) in [7, 11) is 0. The standard InChI is InChI=1S/C15H16N4S/c1-12(17-9-15-8-16-11-20-15)13-7-18-19(10-13)14-5-3-2-4-6-14/h2-8,10-12,17H,9H2,1H3. The first-order valence-electron chi connectivity index (χ1n) is 6.53. The summed E-state index contributed by atoms with van der Waals surface area (Å²) in [6.07, 6.45) is 5.88. The van der Waals surface area contributed by atoms with Crippen LogP contribution in [0.5, 0.6) is 0 Å². The molecule has 0 amide bonds. The average molecular weight is 284 g/mol. The Kier molecular flexibility index (Phi) is 3.90. The molecule has 0 saturated carbocycles. The second-order valence-electron chi connectivity index (χ2n) is 4.62. The van der Waals surface area contributed by atoms with Crippen LogP contribution in [0.3, 0.4) is 0 Å². The zero-order valence-electron chi connectivity index (χ0n) is 11.2. The van der Waals surface area contributed by atoms with Crippen LogP contribution in [0.4, 0.5) is 0 Å². The second kappa shape index (κ2) is 5.98. The highest BCUT2D eigenvalue weighted by Gasteiger charge is 2.08. The molecule has 0 radical (unpaired) electrons. The van der Waals surface area contributed by atoms with Crippen LogP contribution in [0, 0.1) is 0 Å². The summed E-state index contributed by atoms with van der Waals surface area (Å²) in [4.78, 5) is 5.32. The third-order valence-corrected chi connectivity index (χ3v) is 3.97. The molecule has 2 aromatic heterocycles. The first-order chi connectivity index (χ1) is 9.83. The predicted molar refractivity (Wildman–Crippen MR) is 80.9 cm³/mol. The highest BCUT2D eigenvalue weighted by molar-refractivity contribution is 7.09. The van der Waals surface area contributed by atoms with Crippen molar-refractivity contribution in [2.75, 3.05) is 0 Å². The molecule has 0 saturated heterocycles. The molecule has 5 heteroatoms. The van der Waals surface area contributed by atoms with Gasteiger partial charge in [0.1, 0.15) is 0 Å². The number of para-hydroxylation sites is 1. The number of nitrogens with one attached hydrogen (secondary N) is 1. The van der Waals surface area contributed by atoms with Crippen LogP contribution in [0.15, 0.2) is 54.4 Å². The Hall–Kier alpha value is -1.98. The van der Waals surface area contributed by atoms with Crippen LogP contribution >= 0.6 is 11.3 Å². The summed E-state index contributed by atoms with van der Waals surface area (Å²) in [5.41, 5.74) is 4.11. The van der Waals surface area contributed by atoms with Gasteiger partial charge in [-0.25, -0.2) is 4.68 Å². The molecule has 0 bridgehead atoms. The van der Waals surface area contributed by atoms with Gasteiger partial charge in [0.25, 0.3) is 0 Å². The van der Waals surface area contributed by atoms with E-state index in [1.54, 1.807) is 11.3 Å². The first kappa shape index (κ1) is 13.0. The van der Waals surface area contributed by atoms with E-state index in [1.165, 1.54) is 10.4 Å². The monoisotopic (exact) mass is 284 g/mol. The Labute approximate surface area is 122 Å². The van der Waals surface area contributed by atoms with Crippen molar-refractivity contribution in [3.8, 4) is 5.69 Å². The van der Waals surface area contributed by atoms with Crippen molar-refractivity contribution < 1.29 is 0 Å². The van der Waals surface area contributed by atoms with E-state index < -0.39 is 0 Å². The van der Waals surface area contributed by atoms with E-state index in [4.69, 9.17) is 0 Å². The number of rotatable bonds is 5. The summed E-state index contributed by atoms with van der Waals surface area (Å²) < 4.78 is 1.90. The number of hydrogen-bond donors (Lipinski definition) is 1. The van der Waals surface area contributed by atoms with Gasteiger partial charge < -0.3 is 5.32 Å². The largest absolute Gasteiger partial charge is 0.305 e. The maximum Gasteiger partial charge on any atom is 0.0794 e. The van der Waals surface area contributed by atoms with Gasteiger partial charge >= 0.3 is 0 Å². The van der Waals surface area contributed by atoms with E-state index in [9.17, 15) is 0 Å². The Morgan fingerprint density at radius 2 is 2.10 bits per heavy atom. The normalized spacial score (nSPS) is 12.4. The first-order valence-corrected chi connectivity index (χ1v) is 7.41. The van der Waals surface area contributed by atoms with Crippen LogP contribution < -0.4 is 5.32 Å². The fraction of sp³-hybridized carbons (Fsp3) is 0.200. The lowest BCUT2D eigenvalue weighted by molar-refractivity contribution is 0.578. The van der Waals surface area contributed by atoms with Crippen LogP contribution in [-0.4, -0.2) is 14.8 Å². The minimum absolute atomic E-state index is 0.259. The van der Waals surface area contributed by atoms with Gasteiger partial charge in [0, 0.05) is 35.4 Å². The highest BCUT2D eigenvalue weighted by Crippen LogP contribution is 2.15. The number of benzene rings is 1. The molecule has 20 heavy (non-hydrogen) atoms. The maximum absolute atomic E-state index is 4.42. The van der Waals surface area contributed by atoms with Crippen molar-refractivity contribution in [1.29, 1.82) is 0 Å². The molecule has 4 nitrogen and oxygen atoms in total. The third kappa shape index (κ3) is 2.95. The molecular weight excluding hydrogens is 268 g/mol. The van der Waals surface area contributed by atoms with Crippen molar-refractivity contribution >= 4 is 11.3 Å². The fourth-order valence-corrected chi connectivity index (χ4v) is 2.53. The van der Waals surface area contributed by atoms with Crippen molar-refractivity contribution in [2.24, 2.45) is 0 Å². The van der Waals surface area contributed by atoms with E-state index in [0.717, 1.165) is 12.2 Å². The Bertz CT molecular complexity index is 646. The van der Waals surface area contributed by atoms with Gasteiger partial charge in [0.05, 0.1) is 17.4 Å². The number of hydrogen-bond acceptors (Lipinski definition) is 4. The van der Waals surface area contributed by atoms with Gasteiger partial charge in [-0.15, -0.1) is 11.3 Å². The third-order valence-electron chi connectivity index (χ3n) is 3.19. The Morgan fingerprint density at radius 3 is 2.85 bits per heavy atom. The van der Waals surface area contributed by atoms with Gasteiger partial charge in [-0.3, -0.25) is 4.98 Å². The zero-order valence-corrected chi connectivity index (χ0v) is 12.0. The smallest absolute Gasteiger partial charge is 0.0794 e. The Morgan fingerprint density at radius 1 is 1.25 bits per heavy atom. The van der Waals surface area contributed by atoms with Crippen LogP contribution in [0.2, 0.25) is 0 Å². The minimum Gasteiger partial charge on any atom is -0.305 e. The zero-order chi connectivity index (χ0) is 13.8. The van der Waals surface area contributed by atoms with E-state index in [1.807, 2.05) is 52.9 Å². The van der Waals surface area contributed by atoms with Gasteiger partial charge in [-0.05, 0) is 19.1 Å². The minimum atomic E-state index is 0.259. The quantitative estimate of drug-likeness (QED) is 0.782. The summed E-state index contributed by atoms with van der Waals surface area (Å²) in [6.45, 7) is 2.98. The van der Waals surface area contributed by atoms with Crippen molar-refractivity contribution in [3.63, 3.8) is 0 Å². The van der Waals surface area contributed by atoms with Crippen molar-refractivity contribution in [1.82, 2.24) is 20.1 Å². The molecule has 0 aliphatic rings. The lowest BCUT2D eigenvalue weighted by Gasteiger charge is -2.10. The van der Waals surface area contributed by atoms with Crippen LogP contribution in [0.25, 0.3) is 5.69 Å². The molecule has 0 aliphatic carbocycles. The molecule has 3 rings (SSSR count). The maximum atomic E-state index is 4.42. The molecule has 3 aromatic rings. The SMILES string of the molecule is CC(NCc1cncs1)c1cnn(-c2ccccc2)c1. The summed E-state index contributed by atoms with van der Waals surface area (Å²) in [6, 6.07) is 10.4. The molecule has 0 aliphatic heterocycles. The van der Waals surface area contributed by atoms with Crippen molar-refractivity contribution in [2.45, 2.75) is 19.5 Å². The molecule has 1 N–H and O–H groups in total. The van der Waals surface area contributed by atoms with Crippen LogP contribution in [-0.2, 0) is 6.54 Å². The molecule has 2 heterocycles. The highest BCUT2D eigenvalue weighted by atomic mass is 32.1. The number of aromatic nitrogens is 3. The Balaban J connectivity index is 1.67. The summed E-state index contributed by atoms with van der Waals surface area (Å²) >= 11 is 1.67. The van der Waals surface area contributed by atoms with Crippen molar-refractivity contribution in [3.05, 3.63) is 64.9 Å². The van der Waals surface area contributed by atoms with E-state index in [-0.39, 0.29) is 6.04 Å². The molecule has 102 valence electrons. The molecule has 0 spiro atoms. The van der Waals surface area contributed by atoms with E-state index >= 15 is 0 Å². The lowest BCUT2D eigenvalue weighted by Crippen LogP contribution is -2.17. The van der Waals surface area contributed by atoms with Crippen LogP contribution in [0.1, 0.15) is 23.4 Å². The molecule has 0 fully saturated rings. The summed E-state index contributed by atoms with van der Waals surface area (Å²) in [5.74, 6) is 0. The lowest BCUT2D eigenvalue weighted by atomic mass is 10.2. The second-order valence-corrected chi connectivity index (χ2v) is 5.60.